The number of anilines is 1. The van der Waals surface area contributed by atoms with Gasteiger partial charge < -0.3 is 5.32 Å². The van der Waals surface area contributed by atoms with Crippen LogP contribution in [0.4, 0.5) is 5.82 Å². The number of hydrogen-bond acceptors (Lipinski definition) is 6. The fraction of sp³-hybridized carbons (Fsp3) is 0.529. The van der Waals surface area contributed by atoms with Crippen molar-refractivity contribution >= 4 is 38.8 Å². The van der Waals surface area contributed by atoms with Gasteiger partial charge in [-0.05, 0) is 62.8 Å². The van der Waals surface area contributed by atoms with Gasteiger partial charge in [-0.25, -0.2) is 13.1 Å². The lowest BCUT2D eigenvalue weighted by atomic mass is 9.86. The van der Waals surface area contributed by atoms with Crippen molar-refractivity contribution in [1.29, 1.82) is 0 Å². The highest BCUT2D eigenvalue weighted by molar-refractivity contribution is 7.89. The first-order valence-electron chi connectivity index (χ1n) is 8.78. The van der Waals surface area contributed by atoms with Crippen molar-refractivity contribution in [2.45, 2.75) is 38.6 Å². The summed E-state index contributed by atoms with van der Waals surface area (Å²) in [6, 6.07) is 8.04. The zero-order valence-corrected chi connectivity index (χ0v) is 17.0. The zero-order valence-electron chi connectivity index (χ0n) is 14.6. The molecule has 2 aromatic heterocycles. The van der Waals surface area contributed by atoms with E-state index in [1.807, 2.05) is 24.3 Å². The van der Waals surface area contributed by atoms with Gasteiger partial charge in [-0.15, -0.1) is 21.5 Å². The molecule has 26 heavy (non-hydrogen) atoms. The average molecular weight is 415 g/mol. The molecule has 0 amide bonds. The van der Waals surface area contributed by atoms with E-state index >= 15 is 0 Å². The van der Waals surface area contributed by atoms with Crippen molar-refractivity contribution in [3.8, 4) is 10.6 Å². The summed E-state index contributed by atoms with van der Waals surface area (Å²) in [7, 11) is -3.10. The molecule has 3 rings (SSSR count). The van der Waals surface area contributed by atoms with Crippen LogP contribution in [-0.4, -0.2) is 37.0 Å². The van der Waals surface area contributed by atoms with Crippen LogP contribution in [0.25, 0.3) is 10.6 Å². The van der Waals surface area contributed by atoms with Gasteiger partial charge in [0.1, 0.15) is 11.5 Å². The molecule has 0 radical (unpaired) electrons. The summed E-state index contributed by atoms with van der Waals surface area (Å²) in [5.74, 6) is 1.31. The summed E-state index contributed by atoms with van der Waals surface area (Å²) < 4.78 is 26.5. The Bertz CT molecular complexity index is 816. The summed E-state index contributed by atoms with van der Waals surface area (Å²) in [4.78, 5) is 1.00. The van der Waals surface area contributed by atoms with Gasteiger partial charge in [0.25, 0.3) is 0 Å². The van der Waals surface area contributed by atoms with E-state index in [1.165, 1.54) is 11.3 Å². The van der Waals surface area contributed by atoms with Crippen LogP contribution >= 0.6 is 22.9 Å². The molecule has 1 fully saturated rings. The Morgan fingerprint density at radius 2 is 1.92 bits per heavy atom. The monoisotopic (exact) mass is 414 g/mol. The second-order valence-corrected chi connectivity index (χ2v) is 10.3. The van der Waals surface area contributed by atoms with Crippen molar-refractivity contribution in [2.75, 3.05) is 17.6 Å². The van der Waals surface area contributed by atoms with Crippen molar-refractivity contribution in [3.05, 3.63) is 28.6 Å². The minimum absolute atomic E-state index is 0.135. The van der Waals surface area contributed by atoms with Gasteiger partial charge >= 0.3 is 0 Å². The fourth-order valence-corrected chi connectivity index (χ4v) is 4.76. The van der Waals surface area contributed by atoms with Crippen molar-refractivity contribution < 1.29 is 8.42 Å². The van der Waals surface area contributed by atoms with Gasteiger partial charge in [-0.1, -0.05) is 11.6 Å². The third-order valence-corrected chi connectivity index (χ3v) is 7.28. The summed E-state index contributed by atoms with van der Waals surface area (Å²) in [6.45, 7) is 2.20. The minimum atomic E-state index is -3.10. The van der Waals surface area contributed by atoms with E-state index in [-0.39, 0.29) is 5.75 Å². The lowest BCUT2D eigenvalue weighted by Gasteiger charge is -2.29. The van der Waals surface area contributed by atoms with Crippen LogP contribution in [0.2, 0.25) is 4.34 Å². The van der Waals surface area contributed by atoms with E-state index < -0.39 is 10.0 Å². The number of rotatable bonds is 7. The van der Waals surface area contributed by atoms with Crippen LogP contribution in [0.3, 0.4) is 0 Å². The maximum Gasteiger partial charge on any atom is 0.211 e. The molecule has 2 N–H and O–H groups in total. The van der Waals surface area contributed by atoms with E-state index in [1.54, 1.807) is 6.92 Å². The Labute approximate surface area is 163 Å². The molecule has 0 spiro atoms. The second kappa shape index (κ2) is 8.65. The summed E-state index contributed by atoms with van der Waals surface area (Å²) in [6.07, 6.45) is 4.01. The first kappa shape index (κ1) is 19.5. The molecule has 1 aliphatic carbocycles. The van der Waals surface area contributed by atoms with Crippen molar-refractivity contribution in [2.24, 2.45) is 5.92 Å². The Morgan fingerprint density at radius 3 is 2.50 bits per heavy atom. The van der Waals surface area contributed by atoms with Gasteiger partial charge in [0, 0.05) is 12.6 Å². The molecule has 0 aliphatic heterocycles. The van der Waals surface area contributed by atoms with Crippen LogP contribution in [0.15, 0.2) is 24.3 Å². The highest BCUT2D eigenvalue weighted by Gasteiger charge is 2.22. The number of aromatic nitrogens is 2. The van der Waals surface area contributed by atoms with Crippen molar-refractivity contribution in [1.82, 2.24) is 14.9 Å². The van der Waals surface area contributed by atoms with E-state index in [0.717, 1.165) is 46.4 Å². The summed E-state index contributed by atoms with van der Waals surface area (Å²) >= 11 is 7.44. The lowest BCUT2D eigenvalue weighted by molar-refractivity contribution is 0.337. The number of nitrogens with one attached hydrogen (secondary N) is 2. The zero-order chi connectivity index (χ0) is 18.6. The number of hydrogen-bond donors (Lipinski definition) is 2. The Morgan fingerprint density at radius 1 is 1.15 bits per heavy atom. The third-order valence-electron chi connectivity index (χ3n) is 4.66. The molecule has 0 saturated heterocycles. The molecule has 9 heteroatoms. The summed E-state index contributed by atoms with van der Waals surface area (Å²) in [5, 5.41) is 12.0. The Balaban J connectivity index is 1.47. The van der Waals surface area contributed by atoms with E-state index in [0.29, 0.717) is 18.5 Å². The van der Waals surface area contributed by atoms with E-state index in [4.69, 9.17) is 11.6 Å². The van der Waals surface area contributed by atoms with Gasteiger partial charge in [0.05, 0.1) is 15.0 Å². The largest absolute Gasteiger partial charge is 0.366 e. The van der Waals surface area contributed by atoms with E-state index in [2.05, 4.69) is 20.2 Å². The smallest absolute Gasteiger partial charge is 0.211 e. The number of sulfonamides is 1. The molecule has 0 aromatic carbocycles. The molecule has 0 bridgehead atoms. The Kier molecular flexibility index (Phi) is 6.50. The SMILES string of the molecule is CCS(=O)(=O)NC[C@H]1CC[C@H](Nc2ccc(-c3ccc(Cl)s3)nn2)CC1. The van der Waals surface area contributed by atoms with E-state index in [9.17, 15) is 8.42 Å². The highest BCUT2D eigenvalue weighted by atomic mass is 35.5. The maximum atomic E-state index is 11.5. The second-order valence-electron chi connectivity index (χ2n) is 6.52. The number of halogens is 1. The minimum Gasteiger partial charge on any atom is -0.366 e. The first-order chi connectivity index (χ1) is 12.4. The molecule has 1 saturated carbocycles. The summed E-state index contributed by atoms with van der Waals surface area (Å²) in [5.41, 5.74) is 0.819. The van der Waals surface area contributed by atoms with Crippen LogP contribution < -0.4 is 10.0 Å². The topological polar surface area (TPSA) is 84.0 Å². The fourth-order valence-electron chi connectivity index (χ4n) is 3.06. The van der Waals surface area contributed by atoms with Gasteiger partial charge in [0.15, 0.2) is 0 Å². The third kappa shape index (κ3) is 5.39. The number of thiophene rings is 1. The van der Waals surface area contributed by atoms with Crippen LogP contribution in [-0.2, 0) is 10.0 Å². The highest BCUT2D eigenvalue weighted by Crippen LogP contribution is 2.30. The Hall–Kier alpha value is -1.22. The van der Waals surface area contributed by atoms with Crippen LogP contribution in [0, 0.1) is 5.92 Å². The molecule has 142 valence electrons. The average Bonchev–Trinajstić information content (AvgIpc) is 3.08. The molecule has 6 nitrogen and oxygen atoms in total. The van der Waals surface area contributed by atoms with Gasteiger partial charge in [-0.3, -0.25) is 0 Å². The molecule has 0 unspecified atom stereocenters. The molecule has 2 heterocycles. The van der Waals surface area contributed by atoms with Gasteiger partial charge in [-0.2, -0.15) is 0 Å². The molecular formula is C17H23ClN4O2S2. The molecule has 1 aliphatic rings. The quantitative estimate of drug-likeness (QED) is 0.720. The molecule has 0 atom stereocenters. The standard InChI is InChI=1S/C17H23ClN4O2S2/c1-2-26(23,24)19-11-12-3-5-13(6-4-12)20-17-10-7-14(21-22-17)15-8-9-16(18)25-15/h7-10,12-13,19H,2-6,11H2,1H3,(H,20,22)/t12-,13-. The first-order valence-corrected chi connectivity index (χ1v) is 11.6. The molecule has 2 aromatic rings. The molecular weight excluding hydrogens is 392 g/mol. The predicted octanol–water partition coefficient (Wildman–Crippen LogP) is 3.77. The van der Waals surface area contributed by atoms with Crippen LogP contribution in [0.5, 0.6) is 0 Å². The predicted molar refractivity (Wildman–Crippen MR) is 107 cm³/mol. The maximum absolute atomic E-state index is 11.5. The normalized spacial score (nSPS) is 20.8. The number of nitrogens with zero attached hydrogens (tertiary/aromatic N) is 2. The lowest BCUT2D eigenvalue weighted by Crippen LogP contribution is -2.34. The van der Waals surface area contributed by atoms with Crippen LogP contribution in [0.1, 0.15) is 32.6 Å². The van der Waals surface area contributed by atoms with Gasteiger partial charge in [0.2, 0.25) is 10.0 Å². The van der Waals surface area contributed by atoms with Crippen molar-refractivity contribution in [3.63, 3.8) is 0 Å².